The molecule has 3 heteroatoms. The minimum absolute atomic E-state index is 0.285. The van der Waals surface area contributed by atoms with Crippen LogP contribution in [-0.4, -0.2) is 32.2 Å². The Kier molecular flexibility index (Phi) is 6.48. The first kappa shape index (κ1) is 9.21. The van der Waals surface area contributed by atoms with E-state index >= 15 is 0 Å². The second-order valence-corrected chi connectivity index (χ2v) is 2.32. The third-order valence-electron chi connectivity index (χ3n) is 1.11. The molecule has 0 fully saturated rings. The minimum atomic E-state index is 0.285. The molecule has 0 bridgehead atoms. The van der Waals surface area contributed by atoms with E-state index in [4.69, 9.17) is 16.3 Å². The fourth-order valence-electron chi connectivity index (χ4n) is 0.455. The van der Waals surface area contributed by atoms with Crippen molar-refractivity contribution in [2.75, 3.05) is 26.1 Å². The van der Waals surface area contributed by atoms with Gasteiger partial charge in [-0.1, -0.05) is 0 Å². The largest absolute Gasteiger partial charge is 0.380 e. The van der Waals surface area contributed by atoms with Crippen LogP contribution in [0.4, 0.5) is 0 Å². The van der Waals surface area contributed by atoms with Crippen molar-refractivity contribution < 1.29 is 4.74 Å². The fraction of sp³-hybridized carbons (Fsp3) is 1.00. The Hall–Kier alpha value is 0.210. The number of hydrogen-bond acceptors (Lipinski definition) is 2. The normalized spacial score (nSPS) is 13.7. The topological polar surface area (TPSA) is 21.3 Å². The smallest absolute Gasteiger partial charge is 0.0667 e. The number of nitrogens with one attached hydrogen (secondary N) is 1. The Morgan fingerprint density at radius 1 is 1.67 bits per heavy atom. The van der Waals surface area contributed by atoms with E-state index in [1.807, 2.05) is 6.92 Å². The van der Waals surface area contributed by atoms with E-state index in [1.54, 1.807) is 7.11 Å². The van der Waals surface area contributed by atoms with E-state index in [0.29, 0.717) is 5.88 Å². The molecule has 1 N–H and O–H groups in total. The van der Waals surface area contributed by atoms with Crippen LogP contribution in [-0.2, 0) is 4.74 Å². The first-order valence-electron chi connectivity index (χ1n) is 3.10. The summed E-state index contributed by atoms with van der Waals surface area (Å²) in [6.07, 6.45) is 0.285. The van der Waals surface area contributed by atoms with Gasteiger partial charge in [0.15, 0.2) is 0 Å². The summed E-state index contributed by atoms with van der Waals surface area (Å²) >= 11 is 5.42. The van der Waals surface area contributed by atoms with Crippen LogP contribution < -0.4 is 5.32 Å². The molecule has 0 spiro atoms. The van der Waals surface area contributed by atoms with E-state index < -0.39 is 0 Å². The van der Waals surface area contributed by atoms with E-state index in [1.165, 1.54) is 0 Å². The minimum Gasteiger partial charge on any atom is -0.380 e. The summed E-state index contributed by atoms with van der Waals surface area (Å²) in [6.45, 7) is 3.75. The molecule has 0 aromatic heterocycles. The third kappa shape index (κ3) is 6.09. The second-order valence-electron chi connectivity index (χ2n) is 1.94. The highest BCUT2D eigenvalue weighted by molar-refractivity contribution is 6.18. The molecule has 0 radical (unpaired) electrons. The molecule has 0 aromatic carbocycles. The van der Waals surface area contributed by atoms with Gasteiger partial charge in [0.1, 0.15) is 0 Å². The summed E-state index contributed by atoms with van der Waals surface area (Å²) in [5, 5.41) is 3.13. The van der Waals surface area contributed by atoms with Crippen LogP contribution in [0.1, 0.15) is 6.92 Å². The monoisotopic (exact) mass is 151 g/mol. The van der Waals surface area contributed by atoms with Gasteiger partial charge in [0.2, 0.25) is 0 Å². The number of methoxy groups -OCH3 is 1. The van der Waals surface area contributed by atoms with Gasteiger partial charge in [0.05, 0.1) is 6.10 Å². The Labute approximate surface area is 61.5 Å². The maximum atomic E-state index is 5.42. The van der Waals surface area contributed by atoms with Crippen LogP contribution in [0.2, 0.25) is 0 Å². The summed E-state index contributed by atoms with van der Waals surface area (Å²) in [6, 6.07) is 0. The van der Waals surface area contributed by atoms with Crippen molar-refractivity contribution in [2.24, 2.45) is 0 Å². The van der Waals surface area contributed by atoms with Gasteiger partial charge in [-0.3, -0.25) is 0 Å². The van der Waals surface area contributed by atoms with Gasteiger partial charge < -0.3 is 10.1 Å². The van der Waals surface area contributed by atoms with Gasteiger partial charge in [-0.15, -0.1) is 11.6 Å². The zero-order chi connectivity index (χ0) is 7.11. The summed E-state index contributed by atoms with van der Waals surface area (Å²) in [5.74, 6) is 0.663. The molecule has 0 saturated heterocycles. The molecule has 0 amide bonds. The lowest BCUT2D eigenvalue weighted by atomic mass is 10.4. The standard InChI is InChI=1S/C6H14ClNO/c1-6(9-2)5-8-4-3-7/h6,8H,3-5H2,1-2H3. The van der Waals surface area contributed by atoms with E-state index in [-0.39, 0.29) is 6.10 Å². The Morgan fingerprint density at radius 2 is 2.33 bits per heavy atom. The molecule has 1 atom stereocenters. The quantitative estimate of drug-likeness (QED) is 0.465. The number of ether oxygens (including phenoxy) is 1. The lowest BCUT2D eigenvalue weighted by Crippen LogP contribution is -2.27. The molecule has 0 rings (SSSR count). The van der Waals surface area contributed by atoms with Gasteiger partial charge in [0.25, 0.3) is 0 Å². The fourth-order valence-corrected chi connectivity index (χ4v) is 0.589. The molecule has 0 aliphatic rings. The van der Waals surface area contributed by atoms with Gasteiger partial charge in [-0.05, 0) is 6.92 Å². The second kappa shape index (κ2) is 6.33. The highest BCUT2D eigenvalue weighted by Gasteiger charge is 1.95. The summed E-state index contributed by atoms with van der Waals surface area (Å²) in [7, 11) is 1.70. The zero-order valence-corrected chi connectivity index (χ0v) is 6.74. The van der Waals surface area contributed by atoms with Crippen molar-refractivity contribution >= 4 is 11.6 Å². The number of rotatable bonds is 5. The third-order valence-corrected chi connectivity index (χ3v) is 1.29. The molecule has 0 saturated carbocycles. The van der Waals surface area contributed by atoms with Crippen molar-refractivity contribution in [3.8, 4) is 0 Å². The van der Waals surface area contributed by atoms with Crippen molar-refractivity contribution in [1.82, 2.24) is 5.32 Å². The summed E-state index contributed by atoms with van der Waals surface area (Å²) in [4.78, 5) is 0. The van der Waals surface area contributed by atoms with Gasteiger partial charge in [-0.25, -0.2) is 0 Å². The SMILES string of the molecule is COC(C)CNCCCl. The highest BCUT2D eigenvalue weighted by Crippen LogP contribution is 1.82. The maximum Gasteiger partial charge on any atom is 0.0667 e. The number of hydrogen-bond donors (Lipinski definition) is 1. The molecule has 0 aliphatic carbocycles. The van der Waals surface area contributed by atoms with Crippen LogP contribution in [0.25, 0.3) is 0 Å². The molecular formula is C6H14ClNO. The van der Waals surface area contributed by atoms with Gasteiger partial charge in [-0.2, -0.15) is 0 Å². The van der Waals surface area contributed by atoms with E-state index in [0.717, 1.165) is 13.1 Å². The van der Waals surface area contributed by atoms with E-state index in [2.05, 4.69) is 5.32 Å². The Bertz CT molecular complexity index is 61.0. The lowest BCUT2D eigenvalue weighted by molar-refractivity contribution is 0.118. The molecule has 0 aliphatic heterocycles. The summed E-state index contributed by atoms with van der Waals surface area (Å²) in [5.41, 5.74) is 0. The van der Waals surface area contributed by atoms with Crippen LogP contribution in [0.15, 0.2) is 0 Å². The van der Waals surface area contributed by atoms with Crippen LogP contribution in [0.3, 0.4) is 0 Å². The maximum absolute atomic E-state index is 5.42. The van der Waals surface area contributed by atoms with Crippen LogP contribution in [0.5, 0.6) is 0 Å². The molecule has 1 unspecified atom stereocenters. The van der Waals surface area contributed by atoms with Crippen molar-refractivity contribution in [3.63, 3.8) is 0 Å². The molecule has 0 heterocycles. The average molecular weight is 152 g/mol. The van der Waals surface area contributed by atoms with Crippen molar-refractivity contribution in [1.29, 1.82) is 0 Å². The van der Waals surface area contributed by atoms with Gasteiger partial charge >= 0.3 is 0 Å². The molecule has 0 aromatic rings. The number of alkyl halides is 1. The highest BCUT2D eigenvalue weighted by atomic mass is 35.5. The zero-order valence-electron chi connectivity index (χ0n) is 5.98. The average Bonchev–Trinajstić information content (AvgIpc) is 1.89. The van der Waals surface area contributed by atoms with Crippen molar-refractivity contribution in [3.05, 3.63) is 0 Å². The molecule has 9 heavy (non-hydrogen) atoms. The molecular weight excluding hydrogens is 138 g/mol. The Balaban J connectivity index is 2.88. The lowest BCUT2D eigenvalue weighted by Gasteiger charge is -2.08. The molecule has 2 nitrogen and oxygen atoms in total. The summed E-state index contributed by atoms with van der Waals surface area (Å²) < 4.78 is 4.99. The number of halogens is 1. The molecule has 56 valence electrons. The first-order chi connectivity index (χ1) is 4.31. The predicted molar refractivity (Wildman–Crippen MR) is 40.1 cm³/mol. The van der Waals surface area contributed by atoms with Crippen molar-refractivity contribution in [2.45, 2.75) is 13.0 Å². The van der Waals surface area contributed by atoms with E-state index in [9.17, 15) is 0 Å². The Morgan fingerprint density at radius 3 is 2.78 bits per heavy atom. The first-order valence-corrected chi connectivity index (χ1v) is 3.64. The van der Waals surface area contributed by atoms with Crippen LogP contribution >= 0.6 is 11.6 Å². The van der Waals surface area contributed by atoms with Gasteiger partial charge in [0, 0.05) is 26.1 Å². The van der Waals surface area contributed by atoms with Crippen LogP contribution in [0, 0.1) is 0 Å². The predicted octanol–water partition coefficient (Wildman–Crippen LogP) is 0.850.